The second-order valence-corrected chi connectivity index (χ2v) is 6.91. The average Bonchev–Trinajstić information content (AvgIpc) is 2.40. The molecule has 3 heterocycles. The first-order chi connectivity index (χ1) is 8.77. The van der Waals surface area contributed by atoms with Crippen molar-refractivity contribution in [1.29, 1.82) is 0 Å². The molecule has 3 saturated heterocycles. The number of likely N-dealkylation sites (tertiary alicyclic amines) is 2. The Hall–Kier alpha value is -0.120. The second-order valence-electron chi connectivity index (χ2n) is 6.91. The molecule has 0 bridgehead atoms. The highest BCUT2D eigenvalue weighted by atomic mass is 15.2. The van der Waals surface area contributed by atoms with Crippen LogP contribution in [0.25, 0.3) is 0 Å². The normalized spacial score (nSPS) is 40.2. The summed E-state index contributed by atoms with van der Waals surface area (Å²) < 4.78 is 0. The SMILES string of the molecule is CN1CCCC(N2CCCC3(CCCNC3)C2)C1. The van der Waals surface area contributed by atoms with Gasteiger partial charge in [-0.2, -0.15) is 0 Å². The summed E-state index contributed by atoms with van der Waals surface area (Å²) in [6.07, 6.45) is 8.54. The van der Waals surface area contributed by atoms with Crippen molar-refractivity contribution >= 4 is 0 Å². The summed E-state index contributed by atoms with van der Waals surface area (Å²) >= 11 is 0. The van der Waals surface area contributed by atoms with Crippen LogP contribution in [-0.2, 0) is 0 Å². The Balaban J connectivity index is 1.62. The minimum Gasteiger partial charge on any atom is -0.316 e. The van der Waals surface area contributed by atoms with Crippen LogP contribution in [0.15, 0.2) is 0 Å². The number of rotatable bonds is 1. The van der Waals surface area contributed by atoms with Crippen LogP contribution in [0.1, 0.15) is 38.5 Å². The van der Waals surface area contributed by atoms with Gasteiger partial charge in [0, 0.05) is 25.7 Å². The lowest BCUT2D eigenvalue weighted by atomic mass is 9.74. The van der Waals surface area contributed by atoms with Gasteiger partial charge in [-0.25, -0.2) is 0 Å². The molecule has 0 aromatic heterocycles. The molecular formula is C15H29N3. The van der Waals surface area contributed by atoms with Crippen LogP contribution < -0.4 is 5.32 Å². The van der Waals surface area contributed by atoms with Gasteiger partial charge in [-0.15, -0.1) is 0 Å². The van der Waals surface area contributed by atoms with E-state index in [9.17, 15) is 0 Å². The predicted molar refractivity (Wildman–Crippen MR) is 75.9 cm³/mol. The highest BCUT2D eigenvalue weighted by molar-refractivity contribution is 4.94. The lowest BCUT2D eigenvalue weighted by Crippen LogP contribution is -2.56. The number of nitrogens with one attached hydrogen (secondary N) is 1. The Morgan fingerprint density at radius 3 is 2.78 bits per heavy atom. The largest absolute Gasteiger partial charge is 0.316 e. The van der Waals surface area contributed by atoms with E-state index >= 15 is 0 Å². The fourth-order valence-corrected chi connectivity index (χ4v) is 4.37. The third-order valence-electron chi connectivity index (χ3n) is 5.37. The number of hydrogen-bond donors (Lipinski definition) is 1. The van der Waals surface area contributed by atoms with E-state index < -0.39 is 0 Å². The highest BCUT2D eigenvalue weighted by Crippen LogP contribution is 2.37. The molecule has 3 aliphatic heterocycles. The van der Waals surface area contributed by atoms with Crippen molar-refractivity contribution in [3.05, 3.63) is 0 Å². The maximum Gasteiger partial charge on any atom is 0.0223 e. The molecule has 1 spiro atoms. The Morgan fingerprint density at radius 2 is 2.00 bits per heavy atom. The fourth-order valence-electron chi connectivity index (χ4n) is 4.37. The molecule has 3 fully saturated rings. The lowest BCUT2D eigenvalue weighted by Gasteiger charge is -2.49. The van der Waals surface area contributed by atoms with Gasteiger partial charge in [0.15, 0.2) is 0 Å². The maximum atomic E-state index is 3.64. The third kappa shape index (κ3) is 2.73. The quantitative estimate of drug-likeness (QED) is 0.763. The van der Waals surface area contributed by atoms with Crippen molar-refractivity contribution in [3.63, 3.8) is 0 Å². The molecule has 0 radical (unpaired) electrons. The van der Waals surface area contributed by atoms with E-state index in [1.165, 1.54) is 77.8 Å². The van der Waals surface area contributed by atoms with E-state index in [1.807, 2.05) is 0 Å². The molecule has 0 aliphatic carbocycles. The van der Waals surface area contributed by atoms with Crippen molar-refractivity contribution in [2.45, 2.75) is 44.6 Å². The van der Waals surface area contributed by atoms with Gasteiger partial charge in [-0.05, 0) is 70.6 Å². The number of nitrogens with zero attached hydrogens (tertiary/aromatic N) is 2. The van der Waals surface area contributed by atoms with Crippen LogP contribution in [0.5, 0.6) is 0 Å². The minimum absolute atomic E-state index is 0.618. The van der Waals surface area contributed by atoms with E-state index in [0.29, 0.717) is 5.41 Å². The van der Waals surface area contributed by atoms with Crippen LogP contribution >= 0.6 is 0 Å². The second kappa shape index (κ2) is 5.48. The zero-order valence-electron chi connectivity index (χ0n) is 12.0. The van der Waals surface area contributed by atoms with Gasteiger partial charge in [-0.3, -0.25) is 4.90 Å². The molecule has 3 rings (SSSR count). The summed E-state index contributed by atoms with van der Waals surface area (Å²) in [7, 11) is 2.29. The molecule has 2 unspecified atom stereocenters. The van der Waals surface area contributed by atoms with Gasteiger partial charge in [0.05, 0.1) is 0 Å². The molecule has 2 atom stereocenters. The summed E-state index contributed by atoms with van der Waals surface area (Å²) in [5.41, 5.74) is 0.618. The van der Waals surface area contributed by atoms with Crippen LogP contribution in [0.3, 0.4) is 0 Å². The maximum absolute atomic E-state index is 3.64. The highest BCUT2D eigenvalue weighted by Gasteiger charge is 2.38. The van der Waals surface area contributed by atoms with Crippen molar-refractivity contribution in [2.75, 3.05) is 46.3 Å². The average molecular weight is 251 g/mol. The van der Waals surface area contributed by atoms with Crippen molar-refractivity contribution in [2.24, 2.45) is 5.41 Å². The van der Waals surface area contributed by atoms with E-state index in [4.69, 9.17) is 0 Å². The summed E-state index contributed by atoms with van der Waals surface area (Å²) in [5, 5.41) is 3.64. The Kier molecular flexibility index (Phi) is 3.92. The Morgan fingerprint density at radius 1 is 1.11 bits per heavy atom. The number of hydrogen-bond acceptors (Lipinski definition) is 3. The standard InChI is InChI=1S/C15H29N3/c1-17-9-2-5-14(11-17)18-10-4-7-15(13-18)6-3-8-16-12-15/h14,16H,2-13H2,1H3. The smallest absolute Gasteiger partial charge is 0.0223 e. The zero-order valence-corrected chi connectivity index (χ0v) is 12.0. The molecular weight excluding hydrogens is 222 g/mol. The summed E-state index contributed by atoms with van der Waals surface area (Å²) in [6.45, 7) is 7.82. The topological polar surface area (TPSA) is 18.5 Å². The molecule has 18 heavy (non-hydrogen) atoms. The summed E-state index contributed by atoms with van der Waals surface area (Å²) in [5.74, 6) is 0. The first-order valence-corrected chi connectivity index (χ1v) is 7.91. The molecule has 0 aromatic carbocycles. The van der Waals surface area contributed by atoms with E-state index in [2.05, 4.69) is 22.2 Å². The monoisotopic (exact) mass is 251 g/mol. The van der Waals surface area contributed by atoms with E-state index in [0.717, 1.165) is 6.04 Å². The molecule has 0 saturated carbocycles. The third-order valence-corrected chi connectivity index (χ3v) is 5.37. The van der Waals surface area contributed by atoms with Gasteiger partial charge in [0.1, 0.15) is 0 Å². The molecule has 0 aromatic rings. The molecule has 104 valence electrons. The number of likely N-dealkylation sites (N-methyl/N-ethyl adjacent to an activating group) is 1. The minimum atomic E-state index is 0.618. The van der Waals surface area contributed by atoms with Crippen LogP contribution in [0.4, 0.5) is 0 Å². The molecule has 3 aliphatic rings. The first kappa shape index (κ1) is 12.9. The molecule has 3 heteroatoms. The van der Waals surface area contributed by atoms with Crippen molar-refractivity contribution < 1.29 is 0 Å². The first-order valence-electron chi connectivity index (χ1n) is 7.91. The summed E-state index contributed by atoms with van der Waals surface area (Å²) in [6, 6.07) is 0.836. The fraction of sp³-hybridized carbons (Fsp3) is 1.00. The summed E-state index contributed by atoms with van der Waals surface area (Å²) in [4.78, 5) is 5.35. The van der Waals surface area contributed by atoms with Gasteiger partial charge in [0.25, 0.3) is 0 Å². The van der Waals surface area contributed by atoms with Gasteiger partial charge < -0.3 is 10.2 Å². The van der Waals surface area contributed by atoms with Gasteiger partial charge >= 0.3 is 0 Å². The predicted octanol–water partition coefficient (Wildman–Crippen LogP) is 1.55. The van der Waals surface area contributed by atoms with Crippen LogP contribution in [0, 0.1) is 5.41 Å². The molecule has 1 N–H and O–H groups in total. The molecule has 3 nitrogen and oxygen atoms in total. The Bertz CT molecular complexity index is 267. The van der Waals surface area contributed by atoms with E-state index in [1.54, 1.807) is 0 Å². The Labute approximate surface area is 112 Å². The zero-order chi connectivity index (χ0) is 12.4. The van der Waals surface area contributed by atoms with Crippen LogP contribution in [-0.4, -0.2) is 62.2 Å². The van der Waals surface area contributed by atoms with Crippen molar-refractivity contribution in [3.8, 4) is 0 Å². The lowest BCUT2D eigenvalue weighted by molar-refractivity contribution is 0.0154. The number of piperidine rings is 3. The van der Waals surface area contributed by atoms with Gasteiger partial charge in [-0.1, -0.05) is 0 Å². The van der Waals surface area contributed by atoms with Crippen molar-refractivity contribution in [1.82, 2.24) is 15.1 Å². The van der Waals surface area contributed by atoms with Crippen LogP contribution in [0.2, 0.25) is 0 Å². The van der Waals surface area contributed by atoms with Gasteiger partial charge in [0.2, 0.25) is 0 Å². The molecule has 0 amide bonds. The van der Waals surface area contributed by atoms with E-state index in [-0.39, 0.29) is 0 Å².